The fraction of sp³-hybridized carbons (Fsp3) is 0.200. The summed E-state index contributed by atoms with van der Waals surface area (Å²) in [4.78, 5) is 11.8. The van der Waals surface area contributed by atoms with E-state index in [-0.39, 0.29) is 5.56 Å². The van der Waals surface area contributed by atoms with Gasteiger partial charge in [-0.3, -0.25) is 0 Å². The number of aromatic nitrogens is 4. The average Bonchev–Trinajstić information content (AvgIpc) is 2.70. The van der Waals surface area contributed by atoms with E-state index >= 15 is 0 Å². The first-order valence-electron chi connectivity index (χ1n) is 4.99. The number of anilines is 2. The van der Waals surface area contributed by atoms with E-state index in [4.69, 9.17) is 7.49 Å². The van der Waals surface area contributed by atoms with Crippen LogP contribution in [0, 0.1) is 0 Å². The number of aryl methyl sites for hydroxylation is 2. The third-order valence-corrected chi connectivity index (χ3v) is 2.26. The maximum atomic E-state index is 11.8. The summed E-state index contributed by atoms with van der Waals surface area (Å²) in [6, 6.07) is 1.66. The van der Waals surface area contributed by atoms with E-state index < -0.39 is 0 Å². The Bertz CT molecular complexity index is 615. The van der Waals surface area contributed by atoms with Gasteiger partial charge in [0.25, 0.3) is 0 Å². The fourth-order valence-electron chi connectivity index (χ4n) is 1.46. The molecule has 0 saturated carbocycles. The van der Waals surface area contributed by atoms with Crippen molar-refractivity contribution in [2.75, 3.05) is 5.32 Å². The van der Waals surface area contributed by atoms with Crippen molar-refractivity contribution < 1.29 is 0 Å². The topological polar surface area (TPSA) is 64.7 Å². The van der Waals surface area contributed by atoms with Crippen LogP contribution in [0.3, 0.4) is 0 Å². The van der Waals surface area contributed by atoms with Gasteiger partial charge in [-0.1, -0.05) is 0 Å². The zero-order chi connectivity index (χ0) is 12.4. The molecular weight excluding hydrogens is 217 g/mol. The van der Waals surface area contributed by atoms with Crippen LogP contribution in [0.15, 0.2) is 23.3 Å². The van der Waals surface area contributed by atoms with Gasteiger partial charge in [-0.25, -0.2) is 0 Å². The first-order chi connectivity index (χ1) is 8.10. The first-order valence-corrected chi connectivity index (χ1v) is 4.99. The molecule has 17 heavy (non-hydrogen) atoms. The first kappa shape index (κ1) is 11.3. The molecule has 0 unspecified atom stereocenters. The molecule has 0 aliphatic carbocycles. The van der Waals surface area contributed by atoms with Crippen molar-refractivity contribution in [3.63, 3.8) is 0 Å². The van der Waals surface area contributed by atoms with Crippen molar-refractivity contribution in [2.45, 2.75) is 0 Å². The molecule has 6 nitrogen and oxygen atoms in total. The summed E-state index contributed by atoms with van der Waals surface area (Å²) in [7, 11) is 8.85. The van der Waals surface area contributed by atoms with Crippen LogP contribution in [-0.4, -0.2) is 33.0 Å². The predicted molar refractivity (Wildman–Crippen MR) is 66.9 cm³/mol. The van der Waals surface area contributed by atoms with Crippen LogP contribution >= 0.6 is 0 Å². The molecule has 2 rings (SSSR count). The second-order valence-electron chi connectivity index (χ2n) is 3.67. The van der Waals surface area contributed by atoms with Gasteiger partial charge in [-0.05, 0) is 0 Å². The summed E-state index contributed by atoms with van der Waals surface area (Å²) in [5, 5.41) is 10.5. The summed E-state index contributed by atoms with van der Waals surface area (Å²) in [5.41, 5.74) is 1.01. The van der Waals surface area contributed by atoms with Crippen LogP contribution in [0.4, 0.5) is 11.5 Å². The molecule has 0 spiro atoms. The molecule has 0 fully saturated rings. The minimum absolute atomic E-state index is 0.152. The summed E-state index contributed by atoms with van der Waals surface area (Å²) in [6.45, 7) is 0. The van der Waals surface area contributed by atoms with Crippen LogP contribution in [0.5, 0.6) is 0 Å². The zero-order valence-corrected chi connectivity index (χ0v) is 9.58. The van der Waals surface area contributed by atoms with E-state index in [1.807, 2.05) is 0 Å². The summed E-state index contributed by atoms with van der Waals surface area (Å²) in [6.07, 6.45) is 3.34. The molecule has 0 amide bonds. The van der Waals surface area contributed by atoms with Crippen LogP contribution < -0.4 is 10.9 Å². The SMILES string of the molecule is [B]=Cc1cc(Nc2cn(C)nn2)c(=O)n(C)c1. The predicted octanol–water partition coefficient (Wildman–Crippen LogP) is -0.424. The Labute approximate surface area is 99.0 Å². The van der Waals surface area contributed by atoms with Crippen LogP contribution in [0.25, 0.3) is 0 Å². The van der Waals surface area contributed by atoms with Crippen LogP contribution in [0.2, 0.25) is 0 Å². The molecule has 1 N–H and O–H groups in total. The Morgan fingerprint density at radius 3 is 2.76 bits per heavy atom. The summed E-state index contributed by atoms with van der Waals surface area (Å²) < 4.78 is 3.00. The molecule has 1 radical (unpaired) electrons. The van der Waals surface area contributed by atoms with Crippen molar-refractivity contribution >= 4 is 25.0 Å². The Hall–Kier alpha value is -2.18. The molecule has 0 saturated heterocycles. The second kappa shape index (κ2) is 4.36. The Morgan fingerprint density at radius 1 is 1.41 bits per heavy atom. The summed E-state index contributed by atoms with van der Waals surface area (Å²) >= 11 is 0. The van der Waals surface area contributed by atoms with Gasteiger partial charge in [0, 0.05) is 0 Å². The molecular formula is C10H11BN5O. The number of nitrogens with one attached hydrogen (secondary N) is 1. The van der Waals surface area contributed by atoms with E-state index in [9.17, 15) is 4.79 Å². The quantitative estimate of drug-likeness (QED) is 0.724. The van der Waals surface area contributed by atoms with Gasteiger partial charge in [0.05, 0.1) is 0 Å². The molecule has 0 aliphatic rings. The van der Waals surface area contributed by atoms with E-state index in [0.29, 0.717) is 11.5 Å². The van der Waals surface area contributed by atoms with Gasteiger partial charge in [-0.2, -0.15) is 0 Å². The maximum absolute atomic E-state index is 11.8. The van der Waals surface area contributed by atoms with Crippen LogP contribution in [0.1, 0.15) is 5.56 Å². The number of hydrogen-bond acceptors (Lipinski definition) is 4. The fourth-order valence-corrected chi connectivity index (χ4v) is 1.46. The molecule has 2 aromatic heterocycles. The molecule has 2 aromatic rings. The van der Waals surface area contributed by atoms with Gasteiger partial charge >= 0.3 is 98.3 Å². The van der Waals surface area contributed by atoms with Crippen molar-refractivity contribution in [3.8, 4) is 0 Å². The molecule has 7 heteroatoms. The zero-order valence-electron chi connectivity index (χ0n) is 9.58. The van der Waals surface area contributed by atoms with Crippen molar-refractivity contribution in [2.24, 2.45) is 14.1 Å². The molecule has 0 aliphatic heterocycles. The van der Waals surface area contributed by atoms with Crippen molar-refractivity contribution in [1.29, 1.82) is 0 Å². The van der Waals surface area contributed by atoms with E-state index in [1.54, 1.807) is 37.2 Å². The molecule has 0 atom stereocenters. The van der Waals surface area contributed by atoms with Crippen molar-refractivity contribution in [1.82, 2.24) is 19.6 Å². The molecule has 85 valence electrons. The second-order valence-corrected chi connectivity index (χ2v) is 3.67. The van der Waals surface area contributed by atoms with Gasteiger partial charge in [0.1, 0.15) is 0 Å². The third-order valence-electron chi connectivity index (χ3n) is 2.26. The van der Waals surface area contributed by atoms with Gasteiger partial charge in [0.15, 0.2) is 0 Å². The van der Waals surface area contributed by atoms with E-state index in [1.165, 1.54) is 10.5 Å². The molecule has 2 heterocycles. The molecule has 0 aromatic carbocycles. The molecule has 0 bridgehead atoms. The summed E-state index contributed by atoms with van der Waals surface area (Å²) in [5.74, 6) is 1.94. The average molecular weight is 228 g/mol. The standard InChI is InChI=1S/C10H11BN5O/c1-15-5-7(4-11)3-8(10(15)17)12-9-6-16(2)14-13-9/h3-6,12H,1-2H3. The minimum atomic E-state index is -0.152. The third kappa shape index (κ3) is 2.33. The Morgan fingerprint density at radius 2 is 2.18 bits per heavy atom. The number of hydrogen-bond donors (Lipinski definition) is 1. The van der Waals surface area contributed by atoms with Crippen molar-refractivity contribution in [3.05, 3.63) is 34.4 Å². The van der Waals surface area contributed by atoms with E-state index in [0.717, 1.165) is 5.56 Å². The Balaban J connectivity index is 2.41. The monoisotopic (exact) mass is 228 g/mol. The van der Waals surface area contributed by atoms with Crippen LogP contribution in [-0.2, 0) is 14.1 Å². The number of rotatable bonds is 3. The van der Waals surface area contributed by atoms with Gasteiger partial charge in [-0.15, -0.1) is 0 Å². The normalized spacial score (nSPS) is 10.2. The number of nitrogens with zero attached hydrogens (tertiary/aromatic N) is 4. The van der Waals surface area contributed by atoms with Gasteiger partial charge in [0.2, 0.25) is 0 Å². The van der Waals surface area contributed by atoms with Gasteiger partial charge < -0.3 is 0 Å². The van der Waals surface area contributed by atoms with E-state index in [2.05, 4.69) is 15.6 Å². The Kier molecular flexibility index (Phi) is 2.90. The number of pyridine rings is 1.